The van der Waals surface area contributed by atoms with Crippen LogP contribution < -0.4 is 11.3 Å². The second kappa shape index (κ2) is 4.57. The standard InChI is InChI=1S/C13H18N4O/c14-6-5-10-7-13(18)17-12(15-10)8-11(16-17)9-3-1-2-4-9/h7-9,16H,1-6,14H2. The van der Waals surface area contributed by atoms with Crippen LogP contribution in [0.2, 0.25) is 0 Å². The Bertz CT molecular complexity index is 607. The first kappa shape index (κ1) is 11.5. The lowest BCUT2D eigenvalue weighted by atomic mass is 10.1. The van der Waals surface area contributed by atoms with Crippen LogP contribution in [0.1, 0.15) is 43.0 Å². The van der Waals surface area contributed by atoms with Gasteiger partial charge in [-0.05, 0) is 19.4 Å². The second-order valence-corrected chi connectivity index (χ2v) is 5.01. The number of rotatable bonds is 3. The number of nitrogens with one attached hydrogen (secondary N) is 1. The highest BCUT2D eigenvalue weighted by atomic mass is 16.1. The average Bonchev–Trinajstić information content (AvgIpc) is 2.97. The molecule has 0 aliphatic heterocycles. The Hall–Kier alpha value is -1.62. The van der Waals surface area contributed by atoms with Crippen molar-refractivity contribution in [1.82, 2.24) is 14.6 Å². The number of hydrogen-bond donors (Lipinski definition) is 2. The maximum absolute atomic E-state index is 12.0. The number of nitrogens with two attached hydrogens (primary N) is 1. The van der Waals surface area contributed by atoms with Gasteiger partial charge in [0.1, 0.15) is 0 Å². The van der Waals surface area contributed by atoms with Crippen molar-refractivity contribution >= 4 is 5.65 Å². The van der Waals surface area contributed by atoms with E-state index in [-0.39, 0.29) is 5.56 Å². The first-order valence-corrected chi connectivity index (χ1v) is 6.59. The highest BCUT2D eigenvalue weighted by Crippen LogP contribution is 2.33. The summed E-state index contributed by atoms with van der Waals surface area (Å²) in [7, 11) is 0. The van der Waals surface area contributed by atoms with Gasteiger partial charge in [0.25, 0.3) is 5.56 Å². The summed E-state index contributed by atoms with van der Waals surface area (Å²) in [5.41, 5.74) is 8.09. The van der Waals surface area contributed by atoms with Gasteiger partial charge in [-0.25, -0.2) is 9.50 Å². The van der Waals surface area contributed by atoms with Gasteiger partial charge in [-0.1, -0.05) is 12.8 Å². The normalized spacial score (nSPS) is 16.7. The smallest absolute Gasteiger partial charge is 0.272 e. The molecule has 0 amide bonds. The fraction of sp³-hybridized carbons (Fsp3) is 0.538. The zero-order valence-electron chi connectivity index (χ0n) is 10.4. The van der Waals surface area contributed by atoms with Crippen molar-refractivity contribution in [2.24, 2.45) is 5.73 Å². The highest BCUT2D eigenvalue weighted by Gasteiger charge is 2.19. The molecule has 0 spiro atoms. The van der Waals surface area contributed by atoms with E-state index in [9.17, 15) is 4.79 Å². The Morgan fingerprint density at radius 3 is 2.89 bits per heavy atom. The summed E-state index contributed by atoms with van der Waals surface area (Å²) >= 11 is 0. The molecular formula is C13H18N4O. The van der Waals surface area contributed by atoms with Gasteiger partial charge in [-0.15, -0.1) is 0 Å². The van der Waals surface area contributed by atoms with Gasteiger partial charge in [0.15, 0.2) is 5.65 Å². The average molecular weight is 246 g/mol. The Kier molecular flexibility index (Phi) is 2.91. The molecule has 96 valence electrons. The molecule has 0 unspecified atom stereocenters. The Balaban J connectivity index is 2.05. The van der Waals surface area contributed by atoms with Gasteiger partial charge in [-0.2, -0.15) is 0 Å². The van der Waals surface area contributed by atoms with Crippen LogP contribution in [0.4, 0.5) is 0 Å². The van der Waals surface area contributed by atoms with E-state index >= 15 is 0 Å². The summed E-state index contributed by atoms with van der Waals surface area (Å²) in [6.45, 7) is 0.516. The predicted molar refractivity (Wildman–Crippen MR) is 69.8 cm³/mol. The molecule has 2 heterocycles. The van der Waals surface area contributed by atoms with E-state index in [4.69, 9.17) is 5.73 Å². The maximum Gasteiger partial charge on any atom is 0.272 e. The SMILES string of the molecule is NCCc1cc(=O)n2[nH]c(C3CCCC3)cc2n1. The van der Waals surface area contributed by atoms with Gasteiger partial charge in [0, 0.05) is 35.9 Å². The molecule has 0 radical (unpaired) electrons. The molecule has 3 rings (SSSR count). The fourth-order valence-corrected chi connectivity index (χ4v) is 2.78. The largest absolute Gasteiger partial charge is 0.330 e. The molecule has 1 fully saturated rings. The van der Waals surface area contributed by atoms with E-state index in [0.717, 1.165) is 11.4 Å². The molecule has 0 aromatic carbocycles. The van der Waals surface area contributed by atoms with Crippen molar-refractivity contribution in [3.63, 3.8) is 0 Å². The monoisotopic (exact) mass is 246 g/mol. The second-order valence-electron chi connectivity index (χ2n) is 5.01. The summed E-state index contributed by atoms with van der Waals surface area (Å²) in [5, 5.41) is 3.19. The lowest BCUT2D eigenvalue weighted by molar-refractivity contribution is 0.681. The molecule has 3 N–H and O–H groups in total. The Morgan fingerprint density at radius 1 is 1.39 bits per heavy atom. The summed E-state index contributed by atoms with van der Waals surface area (Å²) in [6, 6.07) is 3.58. The van der Waals surface area contributed by atoms with E-state index in [0.29, 0.717) is 24.5 Å². The molecule has 2 aromatic rings. The summed E-state index contributed by atoms with van der Waals surface area (Å²) in [6.07, 6.45) is 5.62. The molecule has 0 bridgehead atoms. The molecule has 0 saturated heterocycles. The Morgan fingerprint density at radius 2 is 2.17 bits per heavy atom. The van der Waals surface area contributed by atoms with Crippen molar-refractivity contribution in [3.8, 4) is 0 Å². The number of hydrogen-bond acceptors (Lipinski definition) is 3. The van der Waals surface area contributed by atoms with Crippen LogP contribution in [0, 0.1) is 0 Å². The lowest BCUT2D eigenvalue weighted by Crippen LogP contribution is -2.17. The number of nitrogens with zero attached hydrogens (tertiary/aromatic N) is 2. The van der Waals surface area contributed by atoms with E-state index in [2.05, 4.69) is 10.1 Å². The van der Waals surface area contributed by atoms with Gasteiger partial charge < -0.3 is 5.73 Å². The molecule has 1 saturated carbocycles. The highest BCUT2D eigenvalue weighted by molar-refractivity contribution is 5.41. The summed E-state index contributed by atoms with van der Waals surface area (Å²) in [5.74, 6) is 0.559. The summed E-state index contributed by atoms with van der Waals surface area (Å²) in [4.78, 5) is 16.4. The quantitative estimate of drug-likeness (QED) is 0.853. The first-order chi connectivity index (χ1) is 8.78. The lowest BCUT2D eigenvalue weighted by Gasteiger charge is -2.03. The summed E-state index contributed by atoms with van der Waals surface area (Å²) < 4.78 is 1.54. The molecule has 18 heavy (non-hydrogen) atoms. The molecule has 0 atom stereocenters. The van der Waals surface area contributed by atoms with Crippen molar-refractivity contribution in [2.45, 2.75) is 38.0 Å². The zero-order chi connectivity index (χ0) is 12.5. The van der Waals surface area contributed by atoms with E-state index in [1.54, 1.807) is 6.07 Å². The van der Waals surface area contributed by atoms with Gasteiger partial charge in [0.2, 0.25) is 0 Å². The number of H-pyrrole nitrogens is 1. The molecule has 5 nitrogen and oxygen atoms in total. The van der Waals surface area contributed by atoms with Crippen LogP contribution in [0.5, 0.6) is 0 Å². The molecule has 2 aromatic heterocycles. The number of aromatic nitrogens is 3. The van der Waals surface area contributed by atoms with Crippen LogP contribution in [-0.2, 0) is 6.42 Å². The van der Waals surface area contributed by atoms with Crippen LogP contribution >= 0.6 is 0 Å². The topological polar surface area (TPSA) is 76.2 Å². The predicted octanol–water partition coefficient (Wildman–Crippen LogP) is 1.18. The van der Waals surface area contributed by atoms with Crippen molar-refractivity contribution < 1.29 is 0 Å². The maximum atomic E-state index is 12.0. The zero-order valence-corrected chi connectivity index (χ0v) is 10.4. The molecule has 5 heteroatoms. The third-order valence-corrected chi connectivity index (χ3v) is 3.72. The van der Waals surface area contributed by atoms with E-state index in [1.165, 1.54) is 30.2 Å². The first-order valence-electron chi connectivity index (χ1n) is 6.59. The molecular weight excluding hydrogens is 228 g/mol. The minimum atomic E-state index is -0.0484. The molecule has 1 aliphatic carbocycles. The van der Waals surface area contributed by atoms with Crippen LogP contribution in [-0.4, -0.2) is 21.1 Å². The Labute approximate surface area is 105 Å². The third-order valence-electron chi connectivity index (χ3n) is 3.72. The van der Waals surface area contributed by atoms with Gasteiger partial charge in [-0.3, -0.25) is 9.89 Å². The van der Waals surface area contributed by atoms with E-state index < -0.39 is 0 Å². The van der Waals surface area contributed by atoms with Crippen LogP contribution in [0.3, 0.4) is 0 Å². The van der Waals surface area contributed by atoms with E-state index in [1.807, 2.05) is 6.07 Å². The van der Waals surface area contributed by atoms with Crippen LogP contribution in [0.25, 0.3) is 5.65 Å². The number of aromatic amines is 1. The fourth-order valence-electron chi connectivity index (χ4n) is 2.78. The third kappa shape index (κ3) is 1.95. The van der Waals surface area contributed by atoms with Crippen LogP contribution in [0.15, 0.2) is 16.9 Å². The van der Waals surface area contributed by atoms with Gasteiger partial charge >= 0.3 is 0 Å². The van der Waals surface area contributed by atoms with Crippen molar-refractivity contribution in [3.05, 3.63) is 33.9 Å². The van der Waals surface area contributed by atoms with Crippen molar-refractivity contribution in [2.75, 3.05) is 6.54 Å². The van der Waals surface area contributed by atoms with Gasteiger partial charge in [0.05, 0.1) is 0 Å². The minimum absolute atomic E-state index is 0.0484. The molecule has 1 aliphatic rings. The van der Waals surface area contributed by atoms with Crippen molar-refractivity contribution in [1.29, 1.82) is 0 Å². The minimum Gasteiger partial charge on any atom is -0.330 e. The number of fused-ring (bicyclic) bond motifs is 1.